The molecule has 0 amide bonds. The Hall–Kier alpha value is -5.35. The second-order valence-corrected chi connectivity index (χ2v) is 10.4. The Morgan fingerprint density at radius 1 is 0.810 bits per heavy atom. The van der Waals surface area contributed by atoms with E-state index in [4.69, 9.17) is 12.2 Å². The quantitative estimate of drug-likeness (QED) is 0.249. The molecule has 0 spiro atoms. The minimum absolute atomic E-state index is 0.0538. The van der Waals surface area contributed by atoms with Gasteiger partial charge in [-0.3, -0.25) is 9.25 Å². The first kappa shape index (κ1) is 26.9. The van der Waals surface area contributed by atoms with Crippen LogP contribution >= 0.6 is 12.2 Å². The molecule has 0 atom stereocenters. The van der Waals surface area contributed by atoms with E-state index in [1.54, 1.807) is 6.20 Å². The summed E-state index contributed by atoms with van der Waals surface area (Å²) < 4.78 is 3.47. The molecule has 0 aliphatic heterocycles. The molecule has 0 saturated carbocycles. The molecule has 9 nitrogen and oxygen atoms in total. The molecule has 2 aromatic heterocycles. The SMILES string of the molecule is O=C(O)c1cnn(Cc2cccc(Cn3cc(C4c5ccccc5C=Cc5ccccc54)c(=S)n(C(=O)O)c3=O)c2)c1. The summed E-state index contributed by atoms with van der Waals surface area (Å²) in [6, 6.07) is 23.2. The van der Waals surface area contributed by atoms with Crippen LogP contribution in [0.2, 0.25) is 0 Å². The monoisotopic (exact) mass is 576 g/mol. The van der Waals surface area contributed by atoms with Crippen molar-refractivity contribution in [1.29, 1.82) is 0 Å². The Labute approximate surface area is 244 Å². The Morgan fingerprint density at radius 3 is 2.02 bits per heavy atom. The maximum absolute atomic E-state index is 13.5. The smallest absolute Gasteiger partial charge is 0.420 e. The molecule has 208 valence electrons. The minimum atomic E-state index is -1.45. The van der Waals surface area contributed by atoms with Gasteiger partial charge in [0.15, 0.2) is 0 Å². The molecule has 10 heteroatoms. The highest BCUT2D eigenvalue weighted by atomic mass is 32.1. The van der Waals surface area contributed by atoms with Crippen LogP contribution in [0.15, 0.2) is 96.2 Å². The van der Waals surface area contributed by atoms with Gasteiger partial charge in [0.1, 0.15) is 4.64 Å². The second-order valence-electron chi connectivity index (χ2n) is 9.99. The van der Waals surface area contributed by atoms with Crippen molar-refractivity contribution in [2.75, 3.05) is 0 Å². The van der Waals surface area contributed by atoms with Gasteiger partial charge in [0.25, 0.3) is 0 Å². The lowest BCUT2D eigenvalue weighted by molar-refractivity contribution is 0.0696. The number of nitrogens with zero attached hydrogens (tertiary/aromatic N) is 4. The molecule has 3 aromatic carbocycles. The number of hydrogen-bond donors (Lipinski definition) is 2. The molecular formula is C32H24N4O5S. The summed E-state index contributed by atoms with van der Waals surface area (Å²) in [7, 11) is 0. The Bertz CT molecular complexity index is 1970. The predicted molar refractivity (Wildman–Crippen MR) is 160 cm³/mol. The van der Waals surface area contributed by atoms with E-state index < -0.39 is 23.7 Å². The van der Waals surface area contributed by atoms with Crippen molar-refractivity contribution < 1.29 is 19.8 Å². The van der Waals surface area contributed by atoms with Gasteiger partial charge in [0.2, 0.25) is 0 Å². The van der Waals surface area contributed by atoms with Crippen molar-refractivity contribution in [2.45, 2.75) is 19.0 Å². The summed E-state index contributed by atoms with van der Waals surface area (Å²) in [6.07, 6.45) is 7.02. The van der Waals surface area contributed by atoms with E-state index in [1.165, 1.54) is 21.6 Å². The van der Waals surface area contributed by atoms with Crippen molar-refractivity contribution >= 4 is 36.4 Å². The van der Waals surface area contributed by atoms with Crippen LogP contribution in [0.1, 0.15) is 55.2 Å². The summed E-state index contributed by atoms with van der Waals surface area (Å²) in [5.41, 5.74) is 5.31. The molecule has 0 bridgehead atoms. The summed E-state index contributed by atoms with van der Waals surface area (Å²) >= 11 is 5.67. The number of rotatable bonds is 6. The van der Waals surface area contributed by atoms with E-state index in [9.17, 15) is 24.6 Å². The average Bonchev–Trinajstić information content (AvgIpc) is 3.37. The molecule has 1 aliphatic carbocycles. The maximum Gasteiger partial charge on any atom is 0.420 e. The number of benzene rings is 3. The Balaban J connectivity index is 1.46. The number of aromatic nitrogens is 4. The maximum atomic E-state index is 13.5. The summed E-state index contributed by atoms with van der Waals surface area (Å²) in [5.74, 6) is -1.47. The van der Waals surface area contributed by atoms with Gasteiger partial charge in [-0.25, -0.2) is 14.4 Å². The fourth-order valence-electron chi connectivity index (χ4n) is 5.41. The highest BCUT2D eigenvalue weighted by molar-refractivity contribution is 7.71. The first-order valence-corrected chi connectivity index (χ1v) is 13.5. The zero-order valence-corrected chi connectivity index (χ0v) is 22.9. The van der Waals surface area contributed by atoms with Gasteiger partial charge in [0, 0.05) is 23.9 Å². The van der Waals surface area contributed by atoms with E-state index in [0.717, 1.165) is 33.4 Å². The third kappa shape index (κ3) is 4.99. The van der Waals surface area contributed by atoms with Gasteiger partial charge in [-0.15, -0.1) is 0 Å². The number of aromatic carboxylic acids is 1. The average molecular weight is 577 g/mol. The van der Waals surface area contributed by atoms with E-state index in [1.807, 2.05) is 84.9 Å². The van der Waals surface area contributed by atoms with Crippen molar-refractivity contribution in [1.82, 2.24) is 18.9 Å². The lowest BCUT2D eigenvalue weighted by Crippen LogP contribution is -2.36. The summed E-state index contributed by atoms with van der Waals surface area (Å²) in [6.45, 7) is 0.417. The lowest BCUT2D eigenvalue weighted by atomic mass is 9.83. The molecular weight excluding hydrogens is 552 g/mol. The van der Waals surface area contributed by atoms with E-state index in [0.29, 0.717) is 16.7 Å². The van der Waals surface area contributed by atoms with Crippen LogP contribution in [0.4, 0.5) is 4.79 Å². The van der Waals surface area contributed by atoms with Crippen LogP contribution in [-0.4, -0.2) is 41.2 Å². The number of carbonyl (C=O) groups is 2. The van der Waals surface area contributed by atoms with Crippen molar-refractivity contribution in [3.63, 3.8) is 0 Å². The van der Waals surface area contributed by atoms with Crippen LogP contribution in [0.25, 0.3) is 12.2 Å². The van der Waals surface area contributed by atoms with Gasteiger partial charge in [-0.1, -0.05) is 97.2 Å². The van der Waals surface area contributed by atoms with Crippen LogP contribution in [0, 0.1) is 4.64 Å². The van der Waals surface area contributed by atoms with Gasteiger partial charge in [-0.2, -0.15) is 9.67 Å². The molecule has 5 aromatic rings. The van der Waals surface area contributed by atoms with Crippen molar-refractivity contribution in [3.05, 3.63) is 151 Å². The van der Waals surface area contributed by atoms with Crippen molar-refractivity contribution in [2.24, 2.45) is 0 Å². The highest BCUT2D eigenvalue weighted by Crippen LogP contribution is 2.39. The molecule has 2 N–H and O–H groups in total. The van der Waals surface area contributed by atoms with Gasteiger partial charge in [-0.05, 0) is 33.4 Å². The number of hydrogen-bond acceptors (Lipinski definition) is 5. The van der Waals surface area contributed by atoms with Crippen molar-refractivity contribution in [3.8, 4) is 0 Å². The fraction of sp³-hybridized carbons (Fsp3) is 0.0938. The predicted octanol–water partition coefficient (Wildman–Crippen LogP) is 5.56. The summed E-state index contributed by atoms with van der Waals surface area (Å²) in [5, 5.41) is 23.4. The van der Waals surface area contributed by atoms with Crippen LogP contribution in [0.5, 0.6) is 0 Å². The summed E-state index contributed by atoms with van der Waals surface area (Å²) in [4.78, 5) is 37.0. The van der Waals surface area contributed by atoms with Gasteiger partial charge in [0.05, 0.1) is 24.8 Å². The zero-order chi connectivity index (χ0) is 29.4. The van der Waals surface area contributed by atoms with E-state index in [2.05, 4.69) is 5.10 Å². The molecule has 0 fully saturated rings. The number of carboxylic acid groups (broad SMARTS) is 2. The molecule has 0 saturated heterocycles. The van der Waals surface area contributed by atoms with Gasteiger partial charge < -0.3 is 10.2 Å². The molecule has 0 unspecified atom stereocenters. The van der Waals surface area contributed by atoms with Gasteiger partial charge >= 0.3 is 17.8 Å². The second kappa shape index (κ2) is 10.9. The molecule has 0 radical (unpaired) electrons. The largest absolute Gasteiger partial charge is 0.478 e. The molecule has 42 heavy (non-hydrogen) atoms. The Morgan fingerprint density at radius 2 is 1.43 bits per heavy atom. The minimum Gasteiger partial charge on any atom is -0.478 e. The number of fused-ring (bicyclic) bond motifs is 2. The normalized spacial score (nSPS) is 12.4. The third-order valence-corrected chi connectivity index (χ3v) is 7.73. The standard InChI is InChI=1S/C32H24N4O5S/c37-30(38)24-15-33-35(18-24)17-21-7-5-6-20(14-21)16-34-19-27(29(42)36(31(34)39)32(40)41)28-25-10-3-1-8-22(25)12-13-23-9-2-4-11-26(23)28/h1-15,18-19,28H,16-17H2,(H,37,38)(H,40,41). The number of carboxylic acids is 1. The third-order valence-electron chi connectivity index (χ3n) is 7.31. The van der Waals surface area contributed by atoms with Crippen LogP contribution in [-0.2, 0) is 13.1 Å². The van der Waals surface area contributed by atoms with E-state index >= 15 is 0 Å². The molecule has 6 rings (SSSR count). The zero-order valence-electron chi connectivity index (χ0n) is 22.1. The Kier molecular flexibility index (Phi) is 6.97. The first-order valence-electron chi connectivity index (χ1n) is 13.1. The topological polar surface area (TPSA) is 119 Å². The van der Waals surface area contributed by atoms with E-state index in [-0.39, 0.29) is 16.7 Å². The molecule has 2 heterocycles. The highest BCUT2D eigenvalue weighted by Gasteiger charge is 2.27. The fourth-order valence-corrected chi connectivity index (χ4v) is 5.73. The van der Waals surface area contributed by atoms with Crippen LogP contribution in [0.3, 0.4) is 0 Å². The first-order chi connectivity index (χ1) is 20.3. The lowest BCUT2D eigenvalue weighted by Gasteiger charge is -2.23. The van der Waals surface area contributed by atoms with Crippen LogP contribution < -0.4 is 5.69 Å². The molecule has 1 aliphatic rings.